The molecule has 2 aliphatic rings. The van der Waals surface area contributed by atoms with E-state index >= 15 is 0 Å². The Morgan fingerprint density at radius 1 is 0.415 bits per heavy atom. The molecule has 0 radical (unpaired) electrons. The molecule has 0 aromatic heterocycles. The maximum atomic E-state index is 13.7. The van der Waals surface area contributed by atoms with E-state index in [1.165, 1.54) is 35.4 Å². The molecule has 6 aromatic rings. The molecule has 9 heteroatoms. The van der Waals surface area contributed by atoms with Crippen LogP contribution in [0.5, 0.6) is 0 Å². The van der Waals surface area contributed by atoms with E-state index in [4.69, 9.17) is 14.2 Å². The second kappa shape index (κ2) is 14.3. The maximum Gasteiger partial charge on any atom is 0.433 e. The lowest BCUT2D eigenvalue weighted by molar-refractivity contribution is 0.131. The summed E-state index contributed by atoms with van der Waals surface area (Å²) in [4.78, 5) is 56.0. The summed E-state index contributed by atoms with van der Waals surface area (Å²) >= 11 is 0. The van der Waals surface area contributed by atoms with E-state index in [2.05, 4.69) is 24.3 Å². The monoisotopic (exact) mass is 700 g/mol. The lowest BCUT2D eigenvalue weighted by atomic mass is 10.0. The number of amides is 4. The van der Waals surface area contributed by atoms with Gasteiger partial charge in [-0.15, -0.1) is 0 Å². The molecule has 0 unspecified atom stereocenters. The average molecular weight is 701 g/mol. The highest BCUT2D eigenvalue weighted by atomic mass is 16.6. The molecule has 4 amide bonds. The highest BCUT2D eigenvalue weighted by Crippen LogP contribution is 2.39. The Labute approximate surface area is 305 Å². The number of hydrogen-bond donors (Lipinski definition) is 0. The van der Waals surface area contributed by atoms with Gasteiger partial charge in [0.1, 0.15) is 13.2 Å². The molecule has 0 spiro atoms. The largest absolute Gasteiger partial charge is 0.444 e. The Bertz CT molecular complexity index is 2210. The minimum absolute atomic E-state index is 0.105. The van der Waals surface area contributed by atoms with Crippen molar-refractivity contribution in [1.82, 2.24) is 0 Å². The summed E-state index contributed by atoms with van der Waals surface area (Å²) in [5, 5.41) is 0. The van der Waals surface area contributed by atoms with Gasteiger partial charge < -0.3 is 14.2 Å². The van der Waals surface area contributed by atoms with Gasteiger partial charge in [0, 0.05) is 0 Å². The van der Waals surface area contributed by atoms with Crippen LogP contribution in [0.4, 0.5) is 30.6 Å². The van der Waals surface area contributed by atoms with Gasteiger partial charge in [0.25, 0.3) is 0 Å². The van der Waals surface area contributed by atoms with E-state index in [1.54, 1.807) is 36.4 Å². The molecule has 0 saturated heterocycles. The van der Waals surface area contributed by atoms with Crippen LogP contribution in [0.2, 0.25) is 0 Å². The summed E-state index contributed by atoms with van der Waals surface area (Å²) < 4.78 is 16.6. The second-order valence-electron chi connectivity index (χ2n) is 12.6. The van der Waals surface area contributed by atoms with Gasteiger partial charge >= 0.3 is 24.4 Å². The standard InChI is InChI=1S/C44H32N2O7/c47-41(51-27-31-15-11-23-37-35-21-9-7-13-29(35)25-39(31)37)45(33-17-3-1-4-18-33)43(49)53-44(50)46(34-19-5-2-6-20-34)42(48)52-28-32-16-12-24-38-36-22-10-8-14-30(36)26-40(32)38/h1-24H,25-28H2. The van der Waals surface area contributed by atoms with Crippen LogP contribution in [0.3, 0.4) is 0 Å². The first kappa shape index (κ1) is 33.2. The van der Waals surface area contributed by atoms with Crippen LogP contribution in [0.1, 0.15) is 33.4 Å². The van der Waals surface area contributed by atoms with E-state index in [9.17, 15) is 19.2 Å². The van der Waals surface area contributed by atoms with E-state index in [0.29, 0.717) is 22.6 Å². The number of ether oxygens (including phenoxy) is 3. The molecule has 0 heterocycles. The maximum absolute atomic E-state index is 13.7. The summed E-state index contributed by atoms with van der Waals surface area (Å²) in [7, 11) is 0. The molecule has 8 rings (SSSR count). The number of carbonyl (C=O) groups is 4. The summed E-state index contributed by atoms with van der Waals surface area (Å²) in [5.74, 6) is 0. The van der Waals surface area contributed by atoms with Crippen molar-refractivity contribution < 1.29 is 33.4 Å². The quantitative estimate of drug-likeness (QED) is 0.126. The Hall–Kier alpha value is -7.00. The van der Waals surface area contributed by atoms with Gasteiger partial charge in [-0.05, 0) is 92.7 Å². The number of para-hydroxylation sites is 2. The van der Waals surface area contributed by atoms with Crippen LogP contribution in [0, 0.1) is 0 Å². The predicted molar refractivity (Wildman–Crippen MR) is 199 cm³/mol. The van der Waals surface area contributed by atoms with Crippen LogP contribution < -0.4 is 9.80 Å². The van der Waals surface area contributed by atoms with Crippen LogP contribution >= 0.6 is 0 Å². The smallest absolute Gasteiger partial charge is 0.433 e. The van der Waals surface area contributed by atoms with Crippen molar-refractivity contribution in [2.75, 3.05) is 9.80 Å². The van der Waals surface area contributed by atoms with Gasteiger partial charge in [-0.1, -0.05) is 121 Å². The molecule has 6 aromatic carbocycles. The minimum atomic E-state index is -1.36. The van der Waals surface area contributed by atoms with E-state index < -0.39 is 24.4 Å². The molecule has 0 aliphatic heterocycles. The van der Waals surface area contributed by atoms with Gasteiger partial charge in [-0.25, -0.2) is 19.2 Å². The number of nitrogens with zero attached hydrogens (tertiary/aromatic N) is 2. The van der Waals surface area contributed by atoms with Gasteiger partial charge in [0.15, 0.2) is 0 Å². The van der Waals surface area contributed by atoms with Crippen molar-refractivity contribution in [2.24, 2.45) is 0 Å². The van der Waals surface area contributed by atoms with Gasteiger partial charge in [0.05, 0.1) is 11.4 Å². The van der Waals surface area contributed by atoms with Crippen LogP contribution in [0.15, 0.2) is 146 Å². The Balaban J connectivity index is 0.997. The fraction of sp³-hybridized carbons (Fsp3) is 0.0909. The molecule has 0 fully saturated rings. The Kier molecular flexibility index (Phi) is 8.96. The highest BCUT2D eigenvalue weighted by molar-refractivity contribution is 6.16. The number of imide groups is 2. The number of fused-ring (bicyclic) bond motifs is 6. The van der Waals surface area contributed by atoms with E-state index in [-0.39, 0.29) is 24.6 Å². The number of carbonyl (C=O) groups excluding carboxylic acids is 4. The summed E-state index contributed by atoms with van der Waals surface area (Å²) in [5.41, 5.74) is 10.6. The number of benzene rings is 6. The first-order valence-corrected chi connectivity index (χ1v) is 17.1. The third kappa shape index (κ3) is 6.52. The molecule has 2 aliphatic carbocycles. The summed E-state index contributed by atoms with van der Waals surface area (Å²) in [6.45, 7) is -0.255. The first-order valence-electron chi connectivity index (χ1n) is 17.1. The van der Waals surface area contributed by atoms with Crippen molar-refractivity contribution in [2.45, 2.75) is 26.1 Å². The predicted octanol–water partition coefficient (Wildman–Crippen LogP) is 10.1. The fourth-order valence-electron chi connectivity index (χ4n) is 7.02. The van der Waals surface area contributed by atoms with Crippen molar-refractivity contribution >= 4 is 35.7 Å². The number of rotatable bonds is 6. The number of hydrogen-bond acceptors (Lipinski definition) is 7. The van der Waals surface area contributed by atoms with Crippen LogP contribution in [-0.4, -0.2) is 24.4 Å². The van der Waals surface area contributed by atoms with Crippen molar-refractivity contribution in [3.05, 3.63) is 179 Å². The average Bonchev–Trinajstić information content (AvgIpc) is 3.77. The minimum Gasteiger partial charge on any atom is -0.444 e. The molecule has 260 valence electrons. The third-order valence-electron chi connectivity index (χ3n) is 9.53. The molecule has 0 bridgehead atoms. The number of anilines is 2. The lowest BCUT2D eigenvalue weighted by Gasteiger charge is -2.23. The molecule has 0 atom stereocenters. The zero-order valence-electron chi connectivity index (χ0n) is 28.4. The van der Waals surface area contributed by atoms with Crippen molar-refractivity contribution in [3.63, 3.8) is 0 Å². The SMILES string of the molecule is O=C(OCc1cccc2c1Cc1ccccc1-2)N(C(=O)OC(=O)N(C(=O)OCc1cccc2c1Cc1ccccc1-2)c1ccccc1)c1ccccc1. The van der Waals surface area contributed by atoms with Gasteiger partial charge in [-0.2, -0.15) is 9.80 Å². The van der Waals surface area contributed by atoms with Gasteiger partial charge in [-0.3, -0.25) is 0 Å². The Morgan fingerprint density at radius 3 is 1.23 bits per heavy atom. The van der Waals surface area contributed by atoms with Crippen LogP contribution in [-0.2, 0) is 40.3 Å². The molecule has 9 nitrogen and oxygen atoms in total. The third-order valence-corrected chi connectivity index (χ3v) is 9.53. The molecular formula is C44H32N2O7. The van der Waals surface area contributed by atoms with E-state index in [1.807, 2.05) is 60.7 Å². The zero-order valence-corrected chi connectivity index (χ0v) is 28.4. The molecular weight excluding hydrogens is 668 g/mol. The topological polar surface area (TPSA) is 102 Å². The summed E-state index contributed by atoms with van der Waals surface area (Å²) in [6, 6.07) is 43.7. The Morgan fingerprint density at radius 2 is 0.792 bits per heavy atom. The molecule has 0 saturated carbocycles. The molecule has 0 N–H and O–H groups in total. The van der Waals surface area contributed by atoms with Gasteiger partial charge in [0.2, 0.25) is 0 Å². The van der Waals surface area contributed by atoms with E-state index in [0.717, 1.165) is 44.5 Å². The normalized spacial score (nSPS) is 11.7. The fourth-order valence-corrected chi connectivity index (χ4v) is 7.02. The van der Waals surface area contributed by atoms with Crippen molar-refractivity contribution in [3.8, 4) is 22.3 Å². The second-order valence-corrected chi connectivity index (χ2v) is 12.6. The summed E-state index contributed by atoms with van der Waals surface area (Å²) in [6.07, 6.45) is -3.47. The lowest BCUT2D eigenvalue weighted by Crippen LogP contribution is -2.44. The molecule has 53 heavy (non-hydrogen) atoms. The first-order chi connectivity index (χ1) is 26.0. The highest BCUT2D eigenvalue weighted by Gasteiger charge is 2.34. The van der Waals surface area contributed by atoms with Crippen LogP contribution in [0.25, 0.3) is 22.3 Å². The van der Waals surface area contributed by atoms with Crippen molar-refractivity contribution in [1.29, 1.82) is 0 Å². The zero-order chi connectivity index (χ0) is 36.3.